The van der Waals surface area contributed by atoms with E-state index in [0.717, 1.165) is 31.7 Å². The summed E-state index contributed by atoms with van der Waals surface area (Å²) in [6, 6.07) is 9.55. The minimum atomic E-state index is -0.468. The Hall–Kier alpha value is -1.10. The van der Waals surface area contributed by atoms with Gasteiger partial charge in [0, 0.05) is 6.54 Å². The molecule has 0 heterocycles. The molecule has 0 aliphatic rings. The first kappa shape index (κ1) is 16.0. The normalized spacial score (nSPS) is 12.3. The summed E-state index contributed by atoms with van der Waals surface area (Å²) in [5.74, 6) is 0.795. The number of rotatable bonds is 11. The van der Waals surface area contributed by atoms with Crippen molar-refractivity contribution < 1.29 is 9.84 Å². The molecule has 1 aromatic carbocycles. The van der Waals surface area contributed by atoms with Crippen LogP contribution in [0.1, 0.15) is 25.7 Å². The summed E-state index contributed by atoms with van der Waals surface area (Å²) in [4.78, 5) is 0. The molecule has 0 aromatic heterocycles. The van der Waals surface area contributed by atoms with Gasteiger partial charge in [0.05, 0.1) is 0 Å². The summed E-state index contributed by atoms with van der Waals surface area (Å²) in [7, 11) is 0. The van der Waals surface area contributed by atoms with Gasteiger partial charge < -0.3 is 20.9 Å². The Morgan fingerprint density at radius 1 is 1.11 bits per heavy atom. The molecular weight excluding hydrogens is 240 g/mol. The zero-order valence-corrected chi connectivity index (χ0v) is 11.6. The van der Waals surface area contributed by atoms with Crippen molar-refractivity contribution in [3.05, 3.63) is 30.3 Å². The maximum atomic E-state index is 9.75. The van der Waals surface area contributed by atoms with E-state index in [2.05, 4.69) is 5.32 Å². The van der Waals surface area contributed by atoms with Crippen molar-refractivity contribution in [3.63, 3.8) is 0 Å². The first-order valence-corrected chi connectivity index (χ1v) is 7.09. The van der Waals surface area contributed by atoms with Gasteiger partial charge in [0.15, 0.2) is 0 Å². The minimum absolute atomic E-state index is 0.324. The number of aliphatic hydroxyl groups excluding tert-OH is 1. The van der Waals surface area contributed by atoms with E-state index < -0.39 is 6.10 Å². The number of aliphatic hydroxyl groups is 1. The zero-order chi connectivity index (χ0) is 13.8. The zero-order valence-electron chi connectivity index (χ0n) is 11.6. The number of hydrogen-bond acceptors (Lipinski definition) is 4. The average molecular weight is 266 g/mol. The minimum Gasteiger partial charge on any atom is -0.491 e. The number of para-hydroxylation sites is 1. The molecule has 0 aliphatic heterocycles. The van der Waals surface area contributed by atoms with Gasteiger partial charge in [0.2, 0.25) is 0 Å². The highest BCUT2D eigenvalue weighted by Crippen LogP contribution is 2.08. The van der Waals surface area contributed by atoms with Crippen LogP contribution in [0.3, 0.4) is 0 Å². The lowest BCUT2D eigenvalue weighted by atomic mass is 10.2. The number of unbranched alkanes of at least 4 members (excludes halogenated alkanes) is 3. The van der Waals surface area contributed by atoms with Crippen molar-refractivity contribution in [2.45, 2.75) is 31.8 Å². The molecule has 0 saturated carbocycles. The molecule has 1 unspecified atom stereocenters. The molecule has 1 atom stereocenters. The summed E-state index contributed by atoms with van der Waals surface area (Å²) in [5, 5.41) is 13.0. The Kier molecular flexibility index (Phi) is 9.06. The van der Waals surface area contributed by atoms with E-state index in [0.29, 0.717) is 13.2 Å². The highest BCUT2D eigenvalue weighted by Gasteiger charge is 2.04. The molecule has 19 heavy (non-hydrogen) atoms. The standard InChI is InChI=1S/C15H26N2O2/c16-10-6-1-2-7-11-17-12-14(18)13-19-15-8-4-3-5-9-15/h3-5,8-9,14,17-18H,1-2,6-7,10-13,16H2. The van der Waals surface area contributed by atoms with E-state index in [1.165, 1.54) is 12.8 Å². The van der Waals surface area contributed by atoms with E-state index >= 15 is 0 Å². The van der Waals surface area contributed by atoms with Crippen LogP contribution in [-0.2, 0) is 0 Å². The Morgan fingerprint density at radius 3 is 2.58 bits per heavy atom. The number of nitrogens with one attached hydrogen (secondary N) is 1. The second-order valence-corrected chi connectivity index (χ2v) is 4.68. The predicted molar refractivity (Wildman–Crippen MR) is 78.3 cm³/mol. The number of benzene rings is 1. The van der Waals surface area contributed by atoms with E-state index in [1.807, 2.05) is 30.3 Å². The Bertz CT molecular complexity index is 306. The van der Waals surface area contributed by atoms with E-state index in [-0.39, 0.29) is 0 Å². The van der Waals surface area contributed by atoms with Gasteiger partial charge in [0.25, 0.3) is 0 Å². The molecular formula is C15H26N2O2. The molecule has 0 amide bonds. The van der Waals surface area contributed by atoms with Crippen molar-refractivity contribution in [3.8, 4) is 5.75 Å². The number of nitrogens with two attached hydrogens (primary N) is 1. The van der Waals surface area contributed by atoms with E-state index in [1.54, 1.807) is 0 Å². The highest BCUT2D eigenvalue weighted by atomic mass is 16.5. The average Bonchev–Trinajstić information content (AvgIpc) is 2.45. The highest BCUT2D eigenvalue weighted by molar-refractivity contribution is 5.20. The maximum absolute atomic E-state index is 9.75. The summed E-state index contributed by atoms with van der Waals surface area (Å²) in [6.45, 7) is 2.61. The van der Waals surface area contributed by atoms with Crippen molar-refractivity contribution >= 4 is 0 Å². The first-order chi connectivity index (χ1) is 9.33. The van der Waals surface area contributed by atoms with Gasteiger partial charge in [-0.05, 0) is 38.1 Å². The first-order valence-electron chi connectivity index (χ1n) is 7.09. The molecule has 0 bridgehead atoms. The molecule has 1 rings (SSSR count). The smallest absolute Gasteiger partial charge is 0.119 e. The molecule has 4 heteroatoms. The van der Waals surface area contributed by atoms with Crippen LogP contribution in [0, 0.1) is 0 Å². The molecule has 0 spiro atoms. The topological polar surface area (TPSA) is 67.5 Å². The van der Waals surface area contributed by atoms with Gasteiger partial charge in [-0.25, -0.2) is 0 Å². The van der Waals surface area contributed by atoms with Crippen LogP contribution in [0.4, 0.5) is 0 Å². The lowest BCUT2D eigenvalue weighted by molar-refractivity contribution is 0.106. The van der Waals surface area contributed by atoms with Gasteiger partial charge in [-0.1, -0.05) is 31.0 Å². The lowest BCUT2D eigenvalue weighted by Crippen LogP contribution is -2.32. The Morgan fingerprint density at radius 2 is 1.84 bits per heavy atom. The molecule has 0 saturated heterocycles. The molecule has 0 aliphatic carbocycles. The maximum Gasteiger partial charge on any atom is 0.119 e. The fourth-order valence-electron chi connectivity index (χ4n) is 1.78. The van der Waals surface area contributed by atoms with Crippen molar-refractivity contribution in [1.29, 1.82) is 0 Å². The van der Waals surface area contributed by atoms with Gasteiger partial charge in [-0.15, -0.1) is 0 Å². The summed E-state index contributed by atoms with van der Waals surface area (Å²) < 4.78 is 5.47. The van der Waals surface area contributed by atoms with Gasteiger partial charge in [0.1, 0.15) is 18.5 Å². The van der Waals surface area contributed by atoms with Crippen molar-refractivity contribution in [2.24, 2.45) is 5.73 Å². The predicted octanol–water partition coefficient (Wildman–Crippen LogP) is 1.53. The van der Waals surface area contributed by atoms with Gasteiger partial charge in [-0.3, -0.25) is 0 Å². The number of hydrogen-bond donors (Lipinski definition) is 3. The van der Waals surface area contributed by atoms with E-state index in [9.17, 15) is 5.11 Å². The fraction of sp³-hybridized carbons (Fsp3) is 0.600. The molecule has 108 valence electrons. The number of ether oxygens (including phenoxy) is 1. The van der Waals surface area contributed by atoms with Crippen LogP contribution in [0.25, 0.3) is 0 Å². The summed E-state index contributed by atoms with van der Waals surface area (Å²) in [5.41, 5.74) is 5.43. The Labute approximate surface area is 116 Å². The fourth-order valence-corrected chi connectivity index (χ4v) is 1.78. The second kappa shape index (κ2) is 10.8. The Balaban J connectivity index is 1.95. The SMILES string of the molecule is NCCCCCCNCC(O)COc1ccccc1. The van der Waals surface area contributed by atoms with E-state index in [4.69, 9.17) is 10.5 Å². The summed E-state index contributed by atoms with van der Waals surface area (Å²) in [6.07, 6.45) is 4.16. The van der Waals surface area contributed by atoms with Crippen molar-refractivity contribution in [1.82, 2.24) is 5.32 Å². The van der Waals surface area contributed by atoms with Crippen LogP contribution in [0.2, 0.25) is 0 Å². The van der Waals surface area contributed by atoms with Crippen LogP contribution in [0.15, 0.2) is 30.3 Å². The molecule has 4 nitrogen and oxygen atoms in total. The third-order valence-corrected chi connectivity index (χ3v) is 2.87. The van der Waals surface area contributed by atoms with Crippen molar-refractivity contribution in [2.75, 3.05) is 26.2 Å². The van der Waals surface area contributed by atoms with Crippen LogP contribution < -0.4 is 15.8 Å². The monoisotopic (exact) mass is 266 g/mol. The third-order valence-electron chi connectivity index (χ3n) is 2.87. The quantitative estimate of drug-likeness (QED) is 0.531. The molecule has 1 aromatic rings. The van der Waals surface area contributed by atoms with Gasteiger partial charge >= 0.3 is 0 Å². The van der Waals surface area contributed by atoms with Crippen LogP contribution in [-0.4, -0.2) is 37.5 Å². The summed E-state index contributed by atoms with van der Waals surface area (Å²) >= 11 is 0. The third kappa shape index (κ3) is 8.59. The van der Waals surface area contributed by atoms with Gasteiger partial charge in [-0.2, -0.15) is 0 Å². The molecule has 4 N–H and O–H groups in total. The largest absolute Gasteiger partial charge is 0.491 e. The molecule has 0 radical (unpaired) electrons. The second-order valence-electron chi connectivity index (χ2n) is 4.68. The van der Waals surface area contributed by atoms with Crippen LogP contribution in [0.5, 0.6) is 5.75 Å². The lowest BCUT2D eigenvalue weighted by Gasteiger charge is -2.13. The molecule has 0 fully saturated rings. The van der Waals surface area contributed by atoms with Crippen LogP contribution >= 0.6 is 0 Å².